The van der Waals surface area contributed by atoms with Crippen molar-refractivity contribution in [2.24, 2.45) is 16.8 Å². The minimum Gasteiger partial charge on any atom is -0.409 e. The van der Waals surface area contributed by atoms with Crippen LogP contribution >= 0.6 is 0 Å². The van der Waals surface area contributed by atoms with Gasteiger partial charge >= 0.3 is 0 Å². The second-order valence-electron chi connectivity index (χ2n) is 3.36. The molecule has 0 spiro atoms. The van der Waals surface area contributed by atoms with E-state index in [1.165, 1.54) is 0 Å². The molecule has 0 saturated carbocycles. The Labute approximate surface area is 78.6 Å². The molecule has 13 heavy (non-hydrogen) atoms. The van der Waals surface area contributed by atoms with Gasteiger partial charge in [0.25, 0.3) is 0 Å². The molecule has 0 amide bonds. The minimum atomic E-state index is -0.340. The van der Waals surface area contributed by atoms with Crippen molar-refractivity contribution < 1.29 is 10.3 Å². The molecular formula is C8H19N3O2. The van der Waals surface area contributed by atoms with Gasteiger partial charge in [0.15, 0.2) is 0 Å². The molecular weight excluding hydrogens is 170 g/mol. The molecule has 0 fully saturated rings. The molecule has 0 aromatic heterocycles. The monoisotopic (exact) mass is 189 g/mol. The lowest BCUT2D eigenvalue weighted by Gasteiger charge is -2.14. The Balaban J connectivity index is 3.36. The van der Waals surface area contributed by atoms with Crippen molar-refractivity contribution >= 4 is 5.84 Å². The summed E-state index contributed by atoms with van der Waals surface area (Å²) in [5.41, 5.74) is 5.25. The van der Waals surface area contributed by atoms with Crippen LogP contribution < -0.4 is 11.1 Å². The minimum absolute atomic E-state index is 0.200. The Morgan fingerprint density at radius 1 is 1.54 bits per heavy atom. The first-order valence-corrected chi connectivity index (χ1v) is 4.43. The highest BCUT2D eigenvalue weighted by molar-refractivity contribution is 5.79. The van der Waals surface area contributed by atoms with Crippen LogP contribution in [0.2, 0.25) is 0 Å². The lowest BCUT2D eigenvalue weighted by Crippen LogP contribution is -2.32. The van der Waals surface area contributed by atoms with Gasteiger partial charge in [0.1, 0.15) is 5.84 Å². The molecule has 5 nitrogen and oxygen atoms in total. The third-order valence-electron chi connectivity index (χ3n) is 1.81. The average molecular weight is 189 g/mol. The predicted octanol–water partition coefficient (Wildman–Crippen LogP) is -0.271. The Morgan fingerprint density at radius 2 is 2.15 bits per heavy atom. The van der Waals surface area contributed by atoms with Crippen LogP contribution in [-0.2, 0) is 0 Å². The summed E-state index contributed by atoms with van der Waals surface area (Å²) in [4.78, 5) is 0. The third kappa shape index (κ3) is 6.36. The summed E-state index contributed by atoms with van der Waals surface area (Å²) in [6.45, 7) is 5.06. The molecule has 5 heteroatoms. The molecule has 0 aromatic rings. The number of nitrogens with two attached hydrogens (primary N) is 1. The van der Waals surface area contributed by atoms with E-state index in [0.29, 0.717) is 19.5 Å². The second-order valence-corrected chi connectivity index (χ2v) is 3.36. The van der Waals surface area contributed by atoms with Crippen molar-refractivity contribution in [3.63, 3.8) is 0 Å². The van der Waals surface area contributed by atoms with Crippen molar-refractivity contribution in [3.8, 4) is 0 Å². The van der Waals surface area contributed by atoms with Crippen LogP contribution in [0, 0.1) is 5.92 Å². The van der Waals surface area contributed by atoms with Crippen LogP contribution in [0.3, 0.4) is 0 Å². The highest BCUT2D eigenvalue weighted by atomic mass is 16.4. The number of nitrogens with zero attached hydrogens (tertiary/aromatic N) is 1. The van der Waals surface area contributed by atoms with Gasteiger partial charge in [0.05, 0.1) is 6.10 Å². The van der Waals surface area contributed by atoms with Crippen molar-refractivity contribution in [2.75, 3.05) is 13.1 Å². The lowest BCUT2D eigenvalue weighted by molar-refractivity contribution is 0.124. The maximum atomic E-state index is 9.38. The summed E-state index contributed by atoms with van der Waals surface area (Å²) >= 11 is 0. The van der Waals surface area contributed by atoms with Crippen LogP contribution in [0.4, 0.5) is 0 Å². The molecule has 0 saturated heterocycles. The van der Waals surface area contributed by atoms with Crippen LogP contribution in [0.5, 0.6) is 0 Å². The predicted molar refractivity (Wildman–Crippen MR) is 51.7 cm³/mol. The fourth-order valence-electron chi connectivity index (χ4n) is 0.752. The van der Waals surface area contributed by atoms with E-state index in [1.54, 1.807) is 0 Å². The summed E-state index contributed by atoms with van der Waals surface area (Å²) < 4.78 is 0. The average Bonchev–Trinajstić information content (AvgIpc) is 2.11. The zero-order valence-corrected chi connectivity index (χ0v) is 8.20. The van der Waals surface area contributed by atoms with Crippen LogP contribution in [0.1, 0.15) is 20.3 Å². The molecule has 0 aromatic carbocycles. The van der Waals surface area contributed by atoms with Gasteiger partial charge in [-0.3, -0.25) is 0 Å². The van der Waals surface area contributed by atoms with Gasteiger partial charge in [-0.25, -0.2) is 0 Å². The van der Waals surface area contributed by atoms with E-state index in [2.05, 4.69) is 10.5 Å². The smallest absolute Gasteiger partial charge is 0.140 e. The van der Waals surface area contributed by atoms with E-state index >= 15 is 0 Å². The number of oxime groups is 1. The Bertz CT molecular complexity index is 159. The zero-order valence-electron chi connectivity index (χ0n) is 8.20. The second kappa shape index (κ2) is 6.68. The van der Waals surface area contributed by atoms with Crippen LogP contribution in [0.25, 0.3) is 0 Å². The van der Waals surface area contributed by atoms with E-state index in [9.17, 15) is 5.11 Å². The number of amidine groups is 1. The number of hydrogen-bond acceptors (Lipinski definition) is 4. The maximum Gasteiger partial charge on any atom is 0.140 e. The molecule has 0 aliphatic heterocycles. The maximum absolute atomic E-state index is 9.38. The molecule has 1 unspecified atom stereocenters. The Hall–Kier alpha value is -0.810. The quantitative estimate of drug-likeness (QED) is 0.152. The largest absolute Gasteiger partial charge is 0.409 e. The Morgan fingerprint density at radius 3 is 2.62 bits per heavy atom. The molecule has 1 atom stereocenters. The number of aliphatic hydroxyl groups is 1. The van der Waals surface area contributed by atoms with E-state index in [4.69, 9.17) is 10.9 Å². The molecule has 78 valence electrons. The fraction of sp³-hybridized carbons (Fsp3) is 0.875. The van der Waals surface area contributed by atoms with Gasteiger partial charge in [0.2, 0.25) is 0 Å². The van der Waals surface area contributed by atoms with Gasteiger partial charge in [-0.05, 0) is 5.92 Å². The topological polar surface area (TPSA) is 90.9 Å². The first-order valence-electron chi connectivity index (χ1n) is 4.43. The number of nitrogens with one attached hydrogen (secondary N) is 1. The zero-order chi connectivity index (χ0) is 10.3. The fourth-order valence-corrected chi connectivity index (χ4v) is 0.752. The standard InChI is InChI=1S/C8H19N3O2/c1-6(2)7(12)5-10-4-3-8(9)11-13/h6-7,10,12-13H,3-5H2,1-2H3,(H2,9,11). The molecule has 0 rings (SSSR count). The van der Waals surface area contributed by atoms with E-state index < -0.39 is 0 Å². The lowest BCUT2D eigenvalue weighted by atomic mass is 10.1. The van der Waals surface area contributed by atoms with Crippen molar-refractivity contribution in [1.29, 1.82) is 0 Å². The number of rotatable bonds is 6. The van der Waals surface area contributed by atoms with E-state index in [1.807, 2.05) is 13.8 Å². The third-order valence-corrected chi connectivity index (χ3v) is 1.81. The van der Waals surface area contributed by atoms with E-state index in [0.717, 1.165) is 0 Å². The summed E-state index contributed by atoms with van der Waals surface area (Å²) in [6.07, 6.45) is 0.147. The Kier molecular flexibility index (Phi) is 6.26. The number of aliphatic hydroxyl groups excluding tert-OH is 1. The van der Waals surface area contributed by atoms with Crippen molar-refractivity contribution in [1.82, 2.24) is 5.32 Å². The molecule has 0 radical (unpaired) electrons. The SMILES string of the molecule is CC(C)C(O)CNCCC(N)=NO. The van der Waals surface area contributed by atoms with Crippen LogP contribution in [0.15, 0.2) is 5.16 Å². The molecule has 0 heterocycles. The molecule has 0 bridgehead atoms. The molecule has 5 N–H and O–H groups in total. The molecule has 0 aliphatic carbocycles. The first kappa shape index (κ1) is 12.2. The number of hydrogen-bond donors (Lipinski definition) is 4. The van der Waals surface area contributed by atoms with Gasteiger partial charge in [-0.2, -0.15) is 0 Å². The van der Waals surface area contributed by atoms with Crippen molar-refractivity contribution in [2.45, 2.75) is 26.4 Å². The van der Waals surface area contributed by atoms with Gasteiger partial charge in [-0.1, -0.05) is 19.0 Å². The summed E-state index contributed by atoms with van der Waals surface area (Å²) in [6, 6.07) is 0. The van der Waals surface area contributed by atoms with Crippen LogP contribution in [-0.4, -0.2) is 35.3 Å². The van der Waals surface area contributed by atoms with E-state index in [-0.39, 0.29) is 17.9 Å². The van der Waals surface area contributed by atoms with Gasteiger partial charge in [-0.15, -0.1) is 0 Å². The molecule has 0 aliphatic rings. The normalized spacial score (nSPS) is 14.9. The highest BCUT2D eigenvalue weighted by Crippen LogP contribution is 1.98. The first-order chi connectivity index (χ1) is 6.07. The summed E-state index contributed by atoms with van der Waals surface area (Å²) in [5, 5.41) is 23.4. The highest BCUT2D eigenvalue weighted by Gasteiger charge is 2.07. The van der Waals surface area contributed by atoms with Gasteiger partial charge < -0.3 is 21.4 Å². The summed E-state index contributed by atoms with van der Waals surface area (Å²) in [7, 11) is 0. The van der Waals surface area contributed by atoms with Crippen molar-refractivity contribution in [3.05, 3.63) is 0 Å². The van der Waals surface area contributed by atoms with Gasteiger partial charge in [0, 0.05) is 19.5 Å². The summed E-state index contributed by atoms with van der Waals surface area (Å²) in [5.74, 6) is 0.447.